The lowest BCUT2D eigenvalue weighted by molar-refractivity contribution is 0.148. The Labute approximate surface area is 102 Å². The van der Waals surface area contributed by atoms with E-state index in [-0.39, 0.29) is 6.10 Å². The Morgan fingerprint density at radius 1 is 1.60 bits per heavy atom. The largest absolute Gasteiger partial charge is 0.392 e. The second kappa shape index (κ2) is 4.47. The van der Waals surface area contributed by atoms with Crippen molar-refractivity contribution in [1.29, 1.82) is 0 Å². The minimum atomic E-state index is -0.155. The van der Waals surface area contributed by atoms with E-state index in [1.54, 1.807) is 0 Å². The molecule has 2 rings (SSSR count). The minimum Gasteiger partial charge on any atom is -0.392 e. The Balaban J connectivity index is 2.16. The van der Waals surface area contributed by atoms with E-state index in [9.17, 15) is 5.11 Å². The third kappa shape index (κ3) is 2.24. The summed E-state index contributed by atoms with van der Waals surface area (Å²) in [5, 5.41) is 14.1. The first kappa shape index (κ1) is 11.5. The molecule has 0 amide bonds. The van der Waals surface area contributed by atoms with Gasteiger partial charge in [0.1, 0.15) is 0 Å². The van der Waals surface area contributed by atoms with Gasteiger partial charge in [-0.2, -0.15) is 16.9 Å². The SMILES string of the molecule is Cc1nn(C)c(CC2CSCC2O)c1Br. The minimum absolute atomic E-state index is 0.155. The number of aryl methyl sites for hydroxylation is 2. The van der Waals surface area contributed by atoms with Gasteiger partial charge in [0.05, 0.1) is 22.0 Å². The molecule has 15 heavy (non-hydrogen) atoms. The van der Waals surface area contributed by atoms with Crippen LogP contribution in [0.15, 0.2) is 4.47 Å². The molecule has 0 spiro atoms. The fraction of sp³-hybridized carbons (Fsp3) is 0.700. The monoisotopic (exact) mass is 290 g/mol. The van der Waals surface area contributed by atoms with E-state index >= 15 is 0 Å². The van der Waals surface area contributed by atoms with Crippen molar-refractivity contribution < 1.29 is 5.11 Å². The van der Waals surface area contributed by atoms with Crippen molar-refractivity contribution in [3.05, 3.63) is 15.9 Å². The van der Waals surface area contributed by atoms with E-state index in [0.717, 1.165) is 28.1 Å². The quantitative estimate of drug-likeness (QED) is 0.902. The van der Waals surface area contributed by atoms with Gasteiger partial charge in [-0.15, -0.1) is 0 Å². The first-order chi connectivity index (χ1) is 7.09. The van der Waals surface area contributed by atoms with Crippen molar-refractivity contribution >= 4 is 27.7 Å². The number of aliphatic hydroxyl groups excluding tert-OH is 1. The van der Waals surface area contributed by atoms with Crippen LogP contribution in [0.25, 0.3) is 0 Å². The normalized spacial score (nSPS) is 26.1. The van der Waals surface area contributed by atoms with Crippen LogP contribution in [0.1, 0.15) is 11.4 Å². The van der Waals surface area contributed by atoms with Gasteiger partial charge in [-0.1, -0.05) is 0 Å². The maximum Gasteiger partial charge on any atom is 0.0738 e. The van der Waals surface area contributed by atoms with Crippen LogP contribution in [0.3, 0.4) is 0 Å². The van der Waals surface area contributed by atoms with Crippen LogP contribution in [-0.2, 0) is 13.5 Å². The molecule has 0 aromatic carbocycles. The van der Waals surface area contributed by atoms with Crippen molar-refractivity contribution in [3.8, 4) is 0 Å². The molecule has 3 nitrogen and oxygen atoms in total. The predicted octanol–water partition coefficient (Wildman–Crippen LogP) is 1.76. The Hall–Kier alpha value is -0.0000000000000000555. The van der Waals surface area contributed by atoms with Gasteiger partial charge in [0.2, 0.25) is 0 Å². The number of aliphatic hydroxyl groups is 1. The molecule has 1 aromatic rings. The number of thioether (sulfide) groups is 1. The summed E-state index contributed by atoms with van der Waals surface area (Å²) in [5.41, 5.74) is 2.21. The van der Waals surface area contributed by atoms with Crippen molar-refractivity contribution in [2.75, 3.05) is 11.5 Å². The summed E-state index contributed by atoms with van der Waals surface area (Å²) in [5.74, 6) is 2.30. The third-order valence-corrected chi connectivity index (χ3v) is 5.15. The van der Waals surface area contributed by atoms with Gasteiger partial charge < -0.3 is 5.11 Å². The summed E-state index contributed by atoms with van der Waals surface area (Å²) in [4.78, 5) is 0. The highest BCUT2D eigenvalue weighted by molar-refractivity contribution is 9.10. The lowest BCUT2D eigenvalue weighted by Gasteiger charge is -2.13. The van der Waals surface area contributed by atoms with Crippen molar-refractivity contribution in [2.24, 2.45) is 13.0 Å². The first-order valence-electron chi connectivity index (χ1n) is 5.03. The Kier molecular flexibility index (Phi) is 3.42. The van der Waals surface area contributed by atoms with Gasteiger partial charge in [0, 0.05) is 18.7 Å². The van der Waals surface area contributed by atoms with Crippen LogP contribution >= 0.6 is 27.7 Å². The molecule has 1 saturated heterocycles. The van der Waals surface area contributed by atoms with Crippen molar-refractivity contribution in [2.45, 2.75) is 19.4 Å². The van der Waals surface area contributed by atoms with E-state index in [4.69, 9.17) is 0 Å². The maximum atomic E-state index is 9.77. The molecule has 2 unspecified atom stereocenters. The molecule has 1 aliphatic heterocycles. The number of hydrogen-bond acceptors (Lipinski definition) is 3. The van der Waals surface area contributed by atoms with E-state index in [2.05, 4.69) is 21.0 Å². The fourth-order valence-corrected chi connectivity index (χ4v) is 3.72. The van der Waals surface area contributed by atoms with Crippen LogP contribution in [0.5, 0.6) is 0 Å². The number of hydrogen-bond donors (Lipinski definition) is 1. The molecule has 0 radical (unpaired) electrons. The maximum absolute atomic E-state index is 9.77. The van der Waals surface area contributed by atoms with Crippen LogP contribution in [0.4, 0.5) is 0 Å². The van der Waals surface area contributed by atoms with Crippen LogP contribution in [0, 0.1) is 12.8 Å². The molecular formula is C10H15BrN2OS. The van der Waals surface area contributed by atoms with Crippen molar-refractivity contribution in [1.82, 2.24) is 9.78 Å². The summed E-state index contributed by atoms with van der Waals surface area (Å²) < 4.78 is 3.00. The summed E-state index contributed by atoms with van der Waals surface area (Å²) >= 11 is 5.39. The predicted molar refractivity (Wildman–Crippen MR) is 66.2 cm³/mol. The highest BCUT2D eigenvalue weighted by atomic mass is 79.9. The van der Waals surface area contributed by atoms with Gasteiger partial charge >= 0.3 is 0 Å². The van der Waals surface area contributed by atoms with Crippen LogP contribution < -0.4 is 0 Å². The molecular weight excluding hydrogens is 276 g/mol. The molecule has 0 saturated carbocycles. The molecule has 1 N–H and O–H groups in total. The molecule has 84 valence electrons. The van der Waals surface area contributed by atoms with Gasteiger partial charge in [0.15, 0.2) is 0 Å². The highest BCUT2D eigenvalue weighted by Gasteiger charge is 2.27. The first-order valence-corrected chi connectivity index (χ1v) is 6.98. The van der Waals surface area contributed by atoms with Crippen LogP contribution in [0.2, 0.25) is 0 Å². The average Bonchev–Trinajstić information content (AvgIpc) is 2.67. The molecule has 1 fully saturated rings. The molecule has 5 heteroatoms. The summed E-state index contributed by atoms with van der Waals surface area (Å²) in [7, 11) is 1.96. The standard InChI is InChI=1S/C10H15BrN2OS/c1-6-10(11)8(13(2)12-6)3-7-4-15-5-9(7)14/h7,9,14H,3-5H2,1-2H3. The smallest absolute Gasteiger partial charge is 0.0738 e. The number of nitrogens with zero attached hydrogens (tertiary/aromatic N) is 2. The van der Waals surface area contributed by atoms with Crippen LogP contribution in [-0.4, -0.2) is 32.5 Å². The average molecular weight is 291 g/mol. The van der Waals surface area contributed by atoms with E-state index < -0.39 is 0 Å². The highest BCUT2D eigenvalue weighted by Crippen LogP contribution is 2.30. The second-order valence-electron chi connectivity index (χ2n) is 4.04. The summed E-state index contributed by atoms with van der Waals surface area (Å²) in [6.07, 6.45) is 0.753. The fourth-order valence-electron chi connectivity index (χ4n) is 1.93. The Morgan fingerprint density at radius 3 is 2.80 bits per heavy atom. The second-order valence-corrected chi connectivity index (χ2v) is 5.91. The molecule has 2 heterocycles. The number of aromatic nitrogens is 2. The lowest BCUT2D eigenvalue weighted by atomic mass is 10.0. The topological polar surface area (TPSA) is 38.0 Å². The van der Waals surface area contributed by atoms with Crippen molar-refractivity contribution in [3.63, 3.8) is 0 Å². The van der Waals surface area contributed by atoms with Gasteiger partial charge in [0.25, 0.3) is 0 Å². The number of rotatable bonds is 2. The lowest BCUT2D eigenvalue weighted by Crippen LogP contribution is -2.21. The Morgan fingerprint density at radius 2 is 2.33 bits per heavy atom. The molecule has 0 aliphatic carbocycles. The zero-order chi connectivity index (χ0) is 11.0. The number of halogens is 1. The molecule has 1 aromatic heterocycles. The van der Waals surface area contributed by atoms with E-state index in [1.807, 2.05) is 30.4 Å². The molecule has 1 aliphatic rings. The van der Waals surface area contributed by atoms with Gasteiger partial charge in [-0.3, -0.25) is 4.68 Å². The summed E-state index contributed by atoms with van der Waals surface area (Å²) in [6, 6.07) is 0. The summed E-state index contributed by atoms with van der Waals surface area (Å²) in [6.45, 7) is 1.99. The Bertz CT molecular complexity index is 367. The zero-order valence-corrected chi connectivity index (χ0v) is 11.3. The third-order valence-electron chi connectivity index (χ3n) is 2.88. The van der Waals surface area contributed by atoms with E-state index in [1.165, 1.54) is 5.69 Å². The van der Waals surface area contributed by atoms with Gasteiger partial charge in [-0.25, -0.2) is 0 Å². The molecule has 0 bridgehead atoms. The van der Waals surface area contributed by atoms with Gasteiger partial charge in [-0.05, 0) is 35.0 Å². The molecule has 2 atom stereocenters. The zero-order valence-electron chi connectivity index (χ0n) is 8.90. The van der Waals surface area contributed by atoms with E-state index in [0.29, 0.717) is 5.92 Å².